The number of hydrogen-bond donors (Lipinski definition) is 1. The van der Waals surface area contributed by atoms with Crippen molar-refractivity contribution in [3.63, 3.8) is 0 Å². The number of anilines is 1. The molecule has 2 fully saturated rings. The van der Waals surface area contributed by atoms with Crippen LogP contribution in [0.1, 0.15) is 62.5 Å². The van der Waals surface area contributed by atoms with Gasteiger partial charge in [-0.1, -0.05) is 56.5 Å². The van der Waals surface area contributed by atoms with E-state index in [2.05, 4.69) is 40.2 Å². The summed E-state index contributed by atoms with van der Waals surface area (Å²) in [5.41, 5.74) is 3.23. The lowest BCUT2D eigenvalue weighted by atomic mass is 9.85. The zero-order valence-electron chi connectivity index (χ0n) is 20.5. The van der Waals surface area contributed by atoms with Gasteiger partial charge in [-0.2, -0.15) is 0 Å². The Kier molecular flexibility index (Phi) is 7.51. The van der Waals surface area contributed by atoms with Crippen molar-refractivity contribution in [2.75, 3.05) is 44.6 Å². The van der Waals surface area contributed by atoms with Gasteiger partial charge in [0.1, 0.15) is 5.75 Å². The number of nitrogens with zero attached hydrogens (tertiary/aromatic N) is 2. The molecule has 5 heteroatoms. The van der Waals surface area contributed by atoms with Crippen molar-refractivity contribution in [3.8, 4) is 5.75 Å². The second-order valence-electron chi connectivity index (χ2n) is 10.5. The van der Waals surface area contributed by atoms with E-state index in [4.69, 9.17) is 4.74 Å². The van der Waals surface area contributed by atoms with Crippen LogP contribution in [0.3, 0.4) is 0 Å². The molecule has 0 radical (unpaired) electrons. The Morgan fingerprint density at radius 1 is 1.00 bits per heavy atom. The molecule has 2 heterocycles. The maximum Gasteiger partial charge on any atom is 0.225 e. The second-order valence-corrected chi connectivity index (χ2v) is 10.5. The summed E-state index contributed by atoms with van der Waals surface area (Å²) in [6, 6.07) is 17.3. The third-order valence-electron chi connectivity index (χ3n) is 7.87. The first-order valence-corrected chi connectivity index (χ1v) is 13.2. The summed E-state index contributed by atoms with van der Waals surface area (Å²) in [6.07, 6.45) is 7.55. The summed E-state index contributed by atoms with van der Waals surface area (Å²) in [5, 5.41) is 3.03. The lowest BCUT2D eigenvalue weighted by molar-refractivity contribution is -0.116. The molecule has 2 aliphatic heterocycles. The van der Waals surface area contributed by atoms with Gasteiger partial charge >= 0.3 is 0 Å². The van der Waals surface area contributed by atoms with Gasteiger partial charge in [0.2, 0.25) is 5.91 Å². The number of piperazine rings is 1. The Morgan fingerprint density at radius 2 is 1.76 bits per heavy atom. The van der Waals surface area contributed by atoms with E-state index in [-0.39, 0.29) is 11.8 Å². The summed E-state index contributed by atoms with van der Waals surface area (Å²) in [6.45, 7) is 8.89. The largest absolute Gasteiger partial charge is 0.493 e. The number of fused-ring (bicyclic) bond motifs is 1. The molecule has 34 heavy (non-hydrogen) atoms. The number of rotatable bonds is 7. The van der Waals surface area contributed by atoms with Gasteiger partial charge in [-0.15, -0.1) is 0 Å². The van der Waals surface area contributed by atoms with Gasteiger partial charge in [-0.25, -0.2) is 0 Å². The molecule has 2 aromatic rings. The summed E-state index contributed by atoms with van der Waals surface area (Å²) in [5.74, 6) is 1.52. The SMILES string of the molecule is CC(COc1ccc2c(c1)C(c1ccccc1)CC(=O)N2)CN1CCN(C2CCCCC2)CC1. The average Bonchev–Trinajstić information content (AvgIpc) is 2.88. The molecular formula is C29H39N3O2. The topological polar surface area (TPSA) is 44.8 Å². The Bertz CT molecular complexity index is 949. The smallest absolute Gasteiger partial charge is 0.225 e. The van der Waals surface area contributed by atoms with Crippen LogP contribution in [0.4, 0.5) is 5.69 Å². The van der Waals surface area contributed by atoms with Gasteiger partial charge in [0.15, 0.2) is 0 Å². The Balaban J connectivity index is 1.14. The lowest BCUT2D eigenvalue weighted by Gasteiger charge is -2.41. The van der Waals surface area contributed by atoms with Crippen molar-refractivity contribution in [2.45, 2.75) is 57.4 Å². The fraction of sp³-hybridized carbons (Fsp3) is 0.552. The Hall–Kier alpha value is -2.37. The molecule has 5 rings (SSSR count). The molecule has 1 saturated heterocycles. The maximum absolute atomic E-state index is 12.3. The van der Waals surface area contributed by atoms with Crippen LogP contribution in [0, 0.1) is 5.92 Å². The van der Waals surface area contributed by atoms with Crippen LogP contribution in [0.15, 0.2) is 48.5 Å². The number of hydrogen-bond acceptors (Lipinski definition) is 4. The lowest BCUT2D eigenvalue weighted by Crippen LogP contribution is -2.51. The van der Waals surface area contributed by atoms with E-state index < -0.39 is 0 Å². The van der Waals surface area contributed by atoms with Crippen LogP contribution in [-0.4, -0.2) is 61.1 Å². The van der Waals surface area contributed by atoms with Crippen LogP contribution in [0.5, 0.6) is 5.75 Å². The minimum atomic E-state index is 0.0754. The molecule has 0 bridgehead atoms. The zero-order chi connectivity index (χ0) is 23.3. The van der Waals surface area contributed by atoms with Crippen molar-refractivity contribution >= 4 is 11.6 Å². The van der Waals surface area contributed by atoms with E-state index in [0.29, 0.717) is 18.9 Å². The van der Waals surface area contributed by atoms with E-state index in [1.807, 2.05) is 30.3 Å². The zero-order valence-corrected chi connectivity index (χ0v) is 20.5. The fourth-order valence-electron chi connectivity index (χ4n) is 6.00. The molecule has 1 saturated carbocycles. The summed E-state index contributed by atoms with van der Waals surface area (Å²) in [7, 11) is 0. The average molecular weight is 462 g/mol. The molecule has 0 spiro atoms. The Labute approximate surface area is 204 Å². The number of nitrogens with one attached hydrogen (secondary N) is 1. The first-order chi connectivity index (χ1) is 16.7. The van der Waals surface area contributed by atoms with Gasteiger partial charge in [-0.3, -0.25) is 9.69 Å². The minimum Gasteiger partial charge on any atom is -0.493 e. The van der Waals surface area contributed by atoms with Crippen LogP contribution < -0.4 is 10.1 Å². The van der Waals surface area contributed by atoms with E-state index in [0.717, 1.165) is 29.6 Å². The summed E-state index contributed by atoms with van der Waals surface area (Å²) < 4.78 is 6.25. The van der Waals surface area contributed by atoms with Crippen molar-refractivity contribution < 1.29 is 9.53 Å². The standard InChI is InChI=1S/C29H39N3O2/c1-22(20-31-14-16-32(17-15-31)24-10-6-3-7-11-24)21-34-25-12-13-28-27(18-25)26(19-29(33)30-28)23-8-4-2-5-9-23/h2,4-5,8-9,12-13,18,22,24,26H,3,6-7,10-11,14-17,19-21H2,1H3,(H,30,33). The van der Waals surface area contributed by atoms with Crippen LogP contribution in [0.2, 0.25) is 0 Å². The maximum atomic E-state index is 12.3. The molecule has 1 N–H and O–H groups in total. The third-order valence-corrected chi connectivity index (χ3v) is 7.87. The van der Waals surface area contributed by atoms with Crippen molar-refractivity contribution in [2.24, 2.45) is 5.92 Å². The van der Waals surface area contributed by atoms with E-state index >= 15 is 0 Å². The van der Waals surface area contributed by atoms with E-state index in [1.165, 1.54) is 63.8 Å². The highest BCUT2D eigenvalue weighted by atomic mass is 16.5. The van der Waals surface area contributed by atoms with Gasteiger partial charge in [0.25, 0.3) is 0 Å². The number of ether oxygens (including phenoxy) is 1. The molecular weight excluding hydrogens is 422 g/mol. The van der Waals surface area contributed by atoms with Gasteiger partial charge in [0.05, 0.1) is 6.61 Å². The van der Waals surface area contributed by atoms with Crippen molar-refractivity contribution in [1.29, 1.82) is 0 Å². The quantitative estimate of drug-likeness (QED) is 0.621. The minimum absolute atomic E-state index is 0.0754. The van der Waals surface area contributed by atoms with Gasteiger partial charge in [0, 0.05) is 62.7 Å². The Morgan fingerprint density at radius 3 is 2.53 bits per heavy atom. The number of amides is 1. The highest BCUT2D eigenvalue weighted by Gasteiger charge is 2.28. The number of benzene rings is 2. The van der Waals surface area contributed by atoms with Crippen LogP contribution >= 0.6 is 0 Å². The predicted octanol–water partition coefficient (Wildman–Crippen LogP) is 5.13. The fourth-order valence-corrected chi connectivity index (χ4v) is 6.00. The molecule has 182 valence electrons. The molecule has 0 aromatic heterocycles. The molecule has 3 aliphatic rings. The summed E-state index contributed by atoms with van der Waals surface area (Å²) in [4.78, 5) is 17.6. The summed E-state index contributed by atoms with van der Waals surface area (Å²) >= 11 is 0. The van der Waals surface area contributed by atoms with Crippen molar-refractivity contribution in [1.82, 2.24) is 9.80 Å². The number of carbonyl (C=O) groups is 1. The third kappa shape index (κ3) is 5.64. The van der Waals surface area contributed by atoms with Crippen molar-refractivity contribution in [3.05, 3.63) is 59.7 Å². The van der Waals surface area contributed by atoms with E-state index in [9.17, 15) is 4.79 Å². The molecule has 5 nitrogen and oxygen atoms in total. The molecule has 2 unspecified atom stereocenters. The van der Waals surface area contributed by atoms with Crippen LogP contribution in [-0.2, 0) is 4.79 Å². The highest BCUT2D eigenvalue weighted by molar-refractivity contribution is 5.95. The second kappa shape index (κ2) is 10.9. The predicted molar refractivity (Wildman–Crippen MR) is 138 cm³/mol. The molecule has 2 atom stereocenters. The molecule has 1 aliphatic carbocycles. The van der Waals surface area contributed by atoms with Gasteiger partial charge < -0.3 is 15.0 Å². The first kappa shape index (κ1) is 23.4. The first-order valence-electron chi connectivity index (χ1n) is 13.2. The van der Waals surface area contributed by atoms with Gasteiger partial charge in [-0.05, 0) is 42.2 Å². The number of carbonyl (C=O) groups excluding carboxylic acids is 1. The normalized spacial score (nSPS) is 23.2. The molecule has 1 amide bonds. The molecule has 2 aromatic carbocycles. The van der Waals surface area contributed by atoms with Crippen LogP contribution in [0.25, 0.3) is 0 Å². The highest BCUT2D eigenvalue weighted by Crippen LogP contribution is 2.39. The monoisotopic (exact) mass is 461 g/mol. The van der Waals surface area contributed by atoms with E-state index in [1.54, 1.807) is 0 Å².